The average Bonchev–Trinajstić information content (AvgIpc) is 2.80. The predicted octanol–water partition coefficient (Wildman–Crippen LogP) is 4.52. The third-order valence-electron chi connectivity index (χ3n) is 5.91. The molecule has 0 radical (unpaired) electrons. The summed E-state index contributed by atoms with van der Waals surface area (Å²) < 4.78 is 0. The van der Waals surface area contributed by atoms with Gasteiger partial charge in [0.05, 0.1) is 0 Å². The molecule has 4 aromatic rings. The molecule has 4 rings (SSSR count). The van der Waals surface area contributed by atoms with Crippen molar-refractivity contribution >= 4 is 28.5 Å². The number of benzene rings is 4. The standard InChI is InChI=1S/C28H28P.CH3O/c1-21-13-5-9-17-25(21)29(26-18-10-6-14-22(26)2,27-19-11-7-15-23(27)3)28-20-12-8-16-24(28)4;1-2/h5-20H,1-4H3;1H3/q+1;-1. The number of hydrogen-bond acceptors (Lipinski definition) is 1. The molecular weight excluding hydrogens is 395 g/mol. The molecule has 1 nitrogen and oxygen atoms in total. The van der Waals surface area contributed by atoms with E-state index in [1.165, 1.54) is 43.5 Å². The zero-order valence-electron chi connectivity index (χ0n) is 19.1. The van der Waals surface area contributed by atoms with Crippen LogP contribution in [0.25, 0.3) is 0 Å². The lowest BCUT2D eigenvalue weighted by molar-refractivity contribution is -0.325. The smallest absolute Gasteiger partial charge is 0.145 e. The summed E-state index contributed by atoms with van der Waals surface area (Å²) in [7, 11) is -1.31. The Hall–Kier alpha value is -2.73. The van der Waals surface area contributed by atoms with E-state index in [2.05, 4.69) is 125 Å². The highest BCUT2D eigenvalue weighted by atomic mass is 31.2. The van der Waals surface area contributed by atoms with Crippen LogP contribution < -0.4 is 26.3 Å². The normalized spacial score (nSPS) is 10.9. The first-order chi connectivity index (χ1) is 15.1. The molecule has 0 N–H and O–H groups in total. The van der Waals surface area contributed by atoms with Gasteiger partial charge >= 0.3 is 0 Å². The van der Waals surface area contributed by atoms with Crippen molar-refractivity contribution in [2.75, 3.05) is 7.11 Å². The maximum atomic E-state index is 8.25. The second-order valence-electron chi connectivity index (χ2n) is 7.82. The molecule has 0 saturated heterocycles. The first-order valence-electron chi connectivity index (χ1n) is 10.6. The molecule has 0 unspecified atom stereocenters. The summed E-state index contributed by atoms with van der Waals surface area (Å²) in [5, 5.41) is 14.1. The largest absolute Gasteiger partial charge is 0.857 e. The minimum Gasteiger partial charge on any atom is -0.857 e. The lowest BCUT2D eigenvalue weighted by atomic mass is 10.2. The van der Waals surface area contributed by atoms with Crippen LogP contribution in [0.3, 0.4) is 0 Å². The third kappa shape index (κ3) is 4.09. The minimum atomic E-state index is -2.06. The van der Waals surface area contributed by atoms with E-state index in [1.54, 1.807) is 0 Å². The van der Waals surface area contributed by atoms with Crippen LogP contribution in [0.1, 0.15) is 22.3 Å². The second-order valence-corrected chi connectivity index (χ2v) is 11.1. The first-order valence-corrected chi connectivity index (χ1v) is 12.4. The Balaban J connectivity index is 0.00000132. The molecule has 0 heterocycles. The van der Waals surface area contributed by atoms with Crippen molar-refractivity contribution in [3.05, 3.63) is 119 Å². The van der Waals surface area contributed by atoms with E-state index in [9.17, 15) is 0 Å². The van der Waals surface area contributed by atoms with Crippen LogP contribution in [-0.2, 0) is 0 Å². The predicted molar refractivity (Wildman–Crippen MR) is 136 cm³/mol. The quantitative estimate of drug-likeness (QED) is 0.440. The molecule has 0 bridgehead atoms. The number of aryl methyl sites for hydroxylation is 4. The summed E-state index contributed by atoms with van der Waals surface area (Å²) in [6.45, 7) is 9.05. The molecule has 0 saturated carbocycles. The van der Waals surface area contributed by atoms with Crippen LogP contribution >= 0.6 is 7.26 Å². The fourth-order valence-corrected chi connectivity index (χ4v) is 9.75. The van der Waals surface area contributed by atoms with Gasteiger partial charge in [0.2, 0.25) is 0 Å². The van der Waals surface area contributed by atoms with Crippen molar-refractivity contribution in [2.24, 2.45) is 0 Å². The van der Waals surface area contributed by atoms with E-state index in [-0.39, 0.29) is 0 Å². The SMILES string of the molecule is C[O-].Cc1ccccc1[P+](c1ccccc1C)(c1ccccc1C)c1ccccc1C. The van der Waals surface area contributed by atoms with Gasteiger partial charge in [0.25, 0.3) is 0 Å². The van der Waals surface area contributed by atoms with E-state index >= 15 is 0 Å². The van der Waals surface area contributed by atoms with Gasteiger partial charge in [-0.1, -0.05) is 72.8 Å². The Morgan fingerprint density at radius 1 is 0.387 bits per heavy atom. The van der Waals surface area contributed by atoms with Gasteiger partial charge in [0.15, 0.2) is 0 Å². The van der Waals surface area contributed by atoms with Crippen LogP contribution in [0.2, 0.25) is 0 Å². The molecule has 0 aliphatic rings. The molecule has 0 aromatic heterocycles. The van der Waals surface area contributed by atoms with Crippen molar-refractivity contribution in [3.63, 3.8) is 0 Å². The molecule has 4 aromatic carbocycles. The van der Waals surface area contributed by atoms with Gasteiger partial charge in [-0.3, -0.25) is 0 Å². The van der Waals surface area contributed by atoms with Crippen molar-refractivity contribution in [3.8, 4) is 0 Å². The summed E-state index contributed by atoms with van der Waals surface area (Å²) in [6, 6.07) is 35.9. The van der Waals surface area contributed by atoms with Crippen LogP contribution in [-0.4, -0.2) is 7.11 Å². The van der Waals surface area contributed by atoms with Crippen LogP contribution in [0.5, 0.6) is 0 Å². The van der Waals surface area contributed by atoms with Crippen molar-refractivity contribution in [1.82, 2.24) is 0 Å². The van der Waals surface area contributed by atoms with Crippen LogP contribution in [0, 0.1) is 27.7 Å². The van der Waals surface area contributed by atoms with Gasteiger partial charge in [0, 0.05) is 0 Å². The Labute approximate surface area is 187 Å². The molecule has 2 heteroatoms. The molecule has 31 heavy (non-hydrogen) atoms. The van der Waals surface area contributed by atoms with E-state index in [0.717, 1.165) is 7.11 Å². The highest BCUT2D eigenvalue weighted by Gasteiger charge is 2.51. The van der Waals surface area contributed by atoms with Crippen molar-refractivity contribution in [1.29, 1.82) is 0 Å². The summed E-state index contributed by atoms with van der Waals surface area (Å²) >= 11 is 0. The van der Waals surface area contributed by atoms with Crippen LogP contribution in [0.4, 0.5) is 0 Å². The Morgan fingerprint density at radius 3 is 0.774 bits per heavy atom. The van der Waals surface area contributed by atoms with Gasteiger partial charge in [-0.15, -0.1) is 0 Å². The molecular formula is C29H31OP. The monoisotopic (exact) mass is 426 g/mol. The number of hydrogen-bond donors (Lipinski definition) is 0. The molecule has 158 valence electrons. The van der Waals surface area contributed by atoms with E-state index < -0.39 is 7.26 Å². The fraction of sp³-hybridized carbons (Fsp3) is 0.172. The molecule has 0 amide bonds. The Kier molecular flexibility index (Phi) is 7.44. The van der Waals surface area contributed by atoms with Gasteiger partial charge in [-0.05, 0) is 74.2 Å². The van der Waals surface area contributed by atoms with Gasteiger partial charge < -0.3 is 5.11 Å². The molecule has 0 fully saturated rings. The average molecular weight is 427 g/mol. The summed E-state index contributed by atoms with van der Waals surface area (Å²) in [5.74, 6) is 0. The lowest BCUT2D eigenvalue weighted by Crippen LogP contribution is -2.42. The van der Waals surface area contributed by atoms with E-state index in [4.69, 9.17) is 5.11 Å². The highest BCUT2D eigenvalue weighted by Crippen LogP contribution is 2.56. The van der Waals surface area contributed by atoms with Gasteiger partial charge in [0.1, 0.15) is 28.5 Å². The Morgan fingerprint density at radius 2 is 0.581 bits per heavy atom. The zero-order chi connectivity index (χ0) is 22.4. The van der Waals surface area contributed by atoms with E-state index in [1.807, 2.05) is 0 Å². The topological polar surface area (TPSA) is 23.1 Å². The summed E-state index contributed by atoms with van der Waals surface area (Å²) in [6.07, 6.45) is 0. The summed E-state index contributed by atoms with van der Waals surface area (Å²) in [4.78, 5) is 0. The van der Waals surface area contributed by atoms with Crippen molar-refractivity contribution in [2.45, 2.75) is 27.7 Å². The van der Waals surface area contributed by atoms with E-state index in [0.29, 0.717) is 0 Å². The maximum Gasteiger partial charge on any atom is 0.145 e. The number of rotatable bonds is 4. The maximum absolute atomic E-state index is 8.25. The van der Waals surface area contributed by atoms with Crippen LogP contribution in [0.15, 0.2) is 97.1 Å². The second kappa shape index (κ2) is 10.1. The van der Waals surface area contributed by atoms with Gasteiger partial charge in [-0.25, -0.2) is 0 Å². The summed E-state index contributed by atoms with van der Waals surface area (Å²) in [5.41, 5.74) is 5.43. The molecule has 0 aliphatic carbocycles. The minimum absolute atomic E-state index is 0.750. The highest BCUT2D eigenvalue weighted by molar-refractivity contribution is 8.01. The fourth-order valence-electron chi connectivity index (χ4n) is 4.54. The first kappa shape index (κ1) is 22.9. The van der Waals surface area contributed by atoms with Gasteiger partial charge in [-0.2, -0.15) is 7.11 Å². The third-order valence-corrected chi connectivity index (χ3v) is 10.8. The Bertz CT molecular complexity index is 975. The molecule has 0 aliphatic heterocycles. The lowest BCUT2D eigenvalue weighted by Gasteiger charge is -2.31. The zero-order valence-corrected chi connectivity index (χ0v) is 20.0. The molecule has 0 spiro atoms. The molecule has 0 atom stereocenters. The van der Waals surface area contributed by atoms with Crippen molar-refractivity contribution < 1.29 is 5.11 Å².